The molecule has 0 radical (unpaired) electrons. The first kappa shape index (κ1) is 19.9. The number of methoxy groups -OCH3 is 1. The highest BCUT2D eigenvalue weighted by Crippen LogP contribution is 2.33. The van der Waals surface area contributed by atoms with Crippen LogP contribution in [0.4, 0.5) is 0 Å². The smallest absolute Gasteiger partial charge is 0.339 e. The van der Waals surface area contributed by atoms with Gasteiger partial charge in [-0.05, 0) is 23.3 Å². The molecule has 3 atom stereocenters. The Bertz CT molecular complexity index is 989. The first-order valence-corrected chi connectivity index (χ1v) is 9.87. The summed E-state index contributed by atoms with van der Waals surface area (Å²) in [5, 5.41) is 0. The Morgan fingerprint density at radius 1 is 0.933 bits per heavy atom. The molecule has 0 unspecified atom stereocenters. The maximum atomic E-state index is 12.5. The lowest BCUT2D eigenvalue weighted by Crippen LogP contribution is -2.32. The zero-order chi connectivity index (χ0) is 20.8. The first-order chi connectivity index (χ1) is 14.7. The number of nitrogens with zero attached hydrogens (tertiary/aromatic N) is 1. The lowest BCUT2D eigenvalue weighted by Gasteiger charge is -2.31. The van der Waals surface area contributed by atoms with E-state index in [-0.39, 0.29) is 6.04 Å². The van der Waals surface area contributed by atoms with Crippen molar-refractivity contribution in [2.45, 2.75) is 24.9 Å². The summed E-state index contributed by atoms with van der Waals surface area (Å²) in [6.45, 7) is 0. The lowest BCUT2D eigenvalue weighted by atomic mass is 10.0. The minimum Gasteiger partial charge on any atom is -0.467 e. The molecule has 1 aliphatic heterocycles. The fourth-order valence-electron chi connectivity index (χ4n) is 3.43. The summed E-state index contributed by atoms with van der Waals surface area (Å²) in [7, 11) is 1.35. The normalized spacial score (nSPS) is 19.3. The van der Waals surface area contributed by atoms with Crippen LogP contribution in [-0.2, 0) is 19.0 Å². The van der Waals surface area contributed by atoms with Crippen LogP contribution >= 0.6 is 0 Å². The maximum Gasteiger partial charge on any atom is 0.339 e. The Kier molecular flexibility index (Phi) is 6.20. The average molecular weight is 401 g/mol. The summed E-state index contributed by atoms with van der Waals surface area (Å²) in [6, 6.07) is 28.9. The Morgan fingerprint density at radius 2 is 1.53 bits per heavy atom. The fraction of sp³-hybridized carbons (Fsp3) is 0.200. The third-order valence-electron chi connectivity index (χ3n) is 4.94. The topological polar surface area (TPSA) is 57.1 Å². The van der Waals surface area contributed by atoms with Crippen molar-refractivity contribution in [1.29, 1.82) is 0 Å². The van der Waals surface area contributed by atoms with E-state index in [1.165, 1.54) is 7.11 Å². The highest BCUT2D eigenvalue weighted by atomic mass is 16.7. The maximum absolute atomic E-state index is 12.5. The minimum atomic E-state index is -0.882. The van der Waals surface area contributed by atoms with Crippen LogP contribution in [0.2, 0.25) is 0 Å². The number of carbonyl (C=O) groups excluding carboxylic acids is 1. The van der Waals surface area contributed by atoms with E-state index in [0.717, 1.165) is 11.1 Å². The fourth-order valence-corrected chi connectivity index (χ4v) is 3.43. The summed E-state index contributed by atoms with van der Waals surface area (Å²) >= 11 is 0. The van der Waals surface area contributed by atoms with Crippen molar-refractivity contribution in [3.05, 3.63) is 108 Å². The zero-order valence-corrected chi connectivity index (χ0v) is 16.7. The largest absolute Gasteiger partial charge is 0.467 e. The van der Waals surface area contributed by atoms with Crippen molar-refractivity contribution in [3.63, 3.8) is 0 Å². The number of benzene rings is 3. The molecule has 5 nitrogen and oxygen atoms in total. The van der Waals surface area contributed by atoms with Crippen molar-refractivity contribution in [3.8, 4) is 0 Å². The number of esters is 1. The molecule has 0 fully saturated rings. The molecule has 0 aromatic heterocycles. The second-order valence-electron chi connectivity index (χ2n) is 6.96. The number of carbonyl (C=O) groups is 1. The van der Waals surface area contributed by atoms with Gasteiger partial charge >= 0.3 is 5.97 Å². The molecule has 0 aliphatic carbocycles. The molecule has 5 heteroatoms. The third kappa shape index (κ3) is 4.58. The van der Waals surface area contributed by atoms with E-state index >= 15 is 0 Å². The van der Waals surface area contributed by atoms with Gasteiger partial charge in [0, 0.05) is 12.0 Å². The first-order valence-electron chi connectivity index (χ1n) is 9.87. The molecule has 0 amide bonds. The second-order valence-corrected chi connectivity index (χ2v) is 6.96. The SMILES string of the molecule is COC(=O)[C@H](O[C@H]1C[C@@H](c2ccccc2)N=C(c2ccccc2)O1)c1ccccc1. The zero-order valence-electron chi connectivity index (χ0n) is 16.7. The third-order valence-corrected chi connectivity index (χ3v) is 4.94. The predicted octanol–water partition coefficient (Wildman–Crippen LogP) is 4.85. The molecule has 152 valence electrons. The van der Waals surface area contributed by atoms with Gasteiger partial charge in [0.15, 0.2) is 6.10 Å². The molecule has 1 heterocycles. The van der Waals surface area contributed by atoms with Gasteiger partial charge in [-0.1, -0.05) is 78.9 Å². The molecule has 1 aliphatic rings. The molecule has 4 rings (SSSR count). The summed E-state index contributed by atoms with van der Waals surface area (Å²) in [4.78, 5) is 17.3. The van der Waals surface area contributed by atoms with Gasteiger partial charge in [0.1, 0.15) is 0 Å². The van der Waals surface area contributed by atoms with Crippen LogP contribution in [0.3, 0.4) is 0 Å². The lowest BCUT2D eigenvalue weighted by molar-refractivity contribution is -0.179. The molecule has 0 bridgehead atoms. The number of rotatable bonds is 6. The average Bonchev–Trinajstić information content (AvgIpc) is 2.83. The summed E-state index contributed by atoms with van der Waals surface area (Å²) < 4.78 is 17.2. The van der Waals surface area contributed by atoms with Gasteiger partial charge in [-0.2, -0.15) is 0 Å². The van der Waals surface area contributed by atoms with E-state index in [1.807, 2.05) is 91.0 Å². The van der Waals surface area contributed by atoms with Crippen LogP contribution in [0, 0.1) is 0 Å². The Balaban J connectivity index is 1.64. The van der Waals surface area contributed by atoms with Crippen LogP contribution in [0.15, 0.2) is 96.0 Å². The monoisotopic (exact) mass is 401 g/mol. The predicted molar refractivity (Wildman–Crippen MR) is 114 cm³/mol. The molecule has 0 N–H and O–H groups in total. The van der Waals surface area contributed by atoms with E-state index in [4.69, 9.17) is 19.2 Å². The summed E-state index contributed by atoms with van der Waals surface area (Å²) in [6.07, 6.45) is -1.05. The summed E-state index contributed by atoms with van der Waals surface area (Å²) in [5.74, 6) is 0.0298. The van der Waals surface area contributed by atoms with Crippen molar-refractivity contribution in [2.24, 2.45) is 4.99 Å². The van der Waals surface area contributed by atoms with Crippen LogP contribution in [0.1, 0.15) is 35.3 Å². The quantitative estimate of drug-likeness (QED) is 0.554. The number of aliphatic imine (C=N–C) groups is 1. The Labute approximate surface area is 175 Å². The van der Waals surface area contributed by atoms with Gasteiger partial charge in [-0.3, -0.25) is 0 Å². The van der Waals surface area contributed by atoms with Gasteiger partial charge in [-0.15, -0.1) is 0 Å². The van der Waals surface area contributed by atoms with E-state index in [2.05, 4.69) is 0 Å². The number of hydrogen-bond donors (Lipinski definition) is 0. The van der Waals surface area contributed by atoms with Gasteiger partial charge in [0.2, 0.25) is 12.2 Å². The van der Waals surface area contributed by atoms with E-state index < -0.39 is 18.4 Å². The molecule has 0 saturated heterocycles. The van der Waals surface area contributed by atoms with E-state index in [0.29, 0.717) is 17.9 Å². The number of ether oxygens (including phenoxy) is 3. The molecule has 3 aromatic rings. The Morgan fingerprint density at radius 3 is 2.17 bits per heavy atom. The molecule has 30 heavy (non-hydrogen) atoms. The van der Waals surface area contributed by atoms with Crippen molar-refractivity contribution < 1.29 is 19.0 Å². The standard InChI is InChI=1S/C25H23NO4/c1-28-25(27)23(19-13-7-3-8-14-19)29-22-17-21(18-11-5-2-6-12-18)26-24(30-22)20-15-9-4-10-16-20/h2-16,21-23H,17H2,1H3/t21-,22+,23+/m0/s1. The Hall–Kier alpha value is -3.44. The van der Waals surface area contributed by atoms with Crippen molar-refractivity contribution in [2.75, 3.05) is 7.11 Å². The highest BCUT2D eigenvalue weighted by molar-refractivity contribution is 5.94. The van der Waals surface area contributed by atoms with Crippen LogP contribution in [0.5, 0.6) is 0 Å². The molecule has 0 saturated carbocycles. The van der Waals surface area contributed by atoms with E-state index in [1.54, 1.807) is 0 Å². The number of hydrogen-bond acceptors (Lipinski definition) is 5. The molecule has 0 spiro atoms. The van der Waals surface area contributed by atoms with Crippen LogP contribution < -0.4 is 0 Å². The van der Waals surface area contributed by atoms with Crippen molar-refractivity contribution in [1.82, 2.24) is 0 Å². The van der Waals surface area contributed by atoms with Gasteiger partial charge < -0.3 is 14.2 Å². The molecular formula is C25H23NO4. The minimum absolute atomic E-state index is 0.144. The highest BCUT2D eigenvalue weighted by Gasteiger charge is 2.33. The van der Waals surface area contributed by atoms with Crippen LogP contribution in [-0.4, -0.2) is 25.3 Å². The molecular weight excluding hydrogens is 378 g/mol. The van der Waals surface area contributed by atoms with Gasteiger partial charge in [0.25, 0.3) is 0 Å². The summed E-state index contributed by atoms with van der Waals surface area (Å²) in [5.41, 5.74) is 2.64. The second kappa shape index (κ2) is 9.37. The molecule has 3 aromatic carbocycles. The van der Waals surface area contributed by atoms with Crippen molar-refractivity contribution >= 4 is 11.9 Å². The van der Waals surface area contributed by atoms with Gasteiger partial charge in [0.05, 0.1) is 13.2 Å². The van der Waals surface area contributed by atoms with Crippen LogP contribution in [0.25, 0.3) is 0 Å². The van der Waals surface area contributed by atoms with E-state index in [9.17, 15) is 4.79 Å². The van der Waals surface area contributed by atoms with Gasteiger partial charge in [-0.25, -0.2) is 9.79 Å².